The Hall–Kier alpha value is -1.11. The van der Waals surface area contributed by atoms with E-state index in [0.29, 0.717) is 0 Å². The van der Waals surface area contributed by atoms with Gasteiger partial charge in [0.25, 0.3) is 5.91 Å². The van der Waals surface area contributed by atoms with Gasteiger partial charge in [0.1, 0.15) is 0 Å². The minimum atomic E-state index is -3.86. The standard InChI is InChI=1S/C10H11ClN2O3S/c11-7-3-6(10(14)13-8-1-2-8)4-9(5-7)17(12,15)16/h3-5,8H,1-2H2,(H,13,14)(H2,12,15,16). The highest BCUT2D eigenvalue weighted by Gasteiger charge is 2.24. The zero-order chi connectivity index (χ0) is 12.6. The molecule has 1 aliphatic carbocycles. The van der Waals surface area contributed by atoms with Crippen molar-refractivity contribution in [1.82, 2.24) is 5.32 Å². The van der Waals surface area contributed by atoms with Gasteiger partial charge in [-0.05, 0) is 31.0 Å². The van der Waals surface area contributed by atoms with Gasteiger partial charge in [0.2, 0.25) is 10.0 Å². The quantitative estimate of drug-likeness (QED) is 0.857. The maximum absolute atomic E-state index is 11.7. The Morgan fingerprint density at radius 2 is 2.00 bits per heavy atom. The van der Waals surface area contributed by atoms with E-state index in [2.05, 4.69) is 5.32 Å². The highest BCUT2D eigenvalue weighted by molar-refractivity contribution is 7.89. The second kappa shape index (κ2) is 4.29. The van der Waals surface area contributed by atoms with E-state index in [4.69, 9.17) is 16.7 Å². The number of sulfonamides is 1. The molecular formula is C10H11ClN2O3S. The first-order valence-electron chi connectivity index (χ1n) is 5.00. The fraction of sp³-hybridized carbons (Fsp3) is 0.300. The van der Waals surface area contributed by atoms with E-state index >= 15 is 0 Å². The lowest BCUT2D eigenvalue weighted by molar-refractivity contribution is 0.0951. The van der Waals surface area contributed by atoms with Crippen LogP contribution in [-0.4, -0.2) is 20.4 Å². The first-order chi connectivity index (χ1) is 7.86. The van der Waals surface area contributed by atoms with E-state index in [1.54, 1.807) is 0 Å². The van der Waals surface area contributed by atoms with E-state index in [1.165, 1.54) is 18.2 Å². The Bertz CT molecular complexity index is 567. The average molecular weight is 275 g/mol. The molecule has 3 N–H and O–H groups in total. The predicted molar refractivity (Wildman–Crippen MR) is 63.3 cm³/mol. The minimum absolute atomic E-state index is 0.161. The first-order valence-corrected chi connectivity index (χ1v) is 6.93. The van der Waals surface area contributed by atoms with Crippen molar-refractivity contribution in [3.63, 3.8) is 0 Å². The van der Waals surface area contributed by atoms with Crippen LogP contribution in [0.4, 0.5) is 0 Å². The summed E-state index contributed by atoms with van der Waals surface area (Å²) < 4.78 is 22.4. The number of hydrogen-bond donors (Lipinski definition) is 2. The second-order valence-corrected chi connectivity index (χ2v) is 5.97. The Kier molecular flexibility index (Phi) is 3.11. The number of hydrogen-bond acceptors (Lipinski definition) is 3. The molecule has 1 aliphatic rings. The molecule has 7 heteroatoms. The van der Waals surface area contributed by atoms with Crippen LogP contribution in [0.25, 0.3) is 0 Å². The maximum Gasteiger partial charge on any atom is 0.251 e. The Morgan fingerprint density at radius 3 is 2.53 bits per heavy atom. The fourth-order valence-electron chi connectivity index (χ4n) is 1.35. The third-order valence-electron chi connectivity index (χ3n) is 2.37. The van der Waals surface area contributed by atoms with Gasteiger partial charge in [-0.1, -0.05) is 11.6 Å². The van der Waals surface area contributed by atoms with Gasteiger partial charge in [0, 0.05) is 16.6 Å². The van der Waals surface area contributed by atoms with Crippen LogP contribution in [0.1, 0.15) is 23.2 Å². The third-order valence-corrected chi connectivity index (χ3v) is 3.49. The van der Waals surface area contributed by atoms with Crippen molar-refractivity contribution in [3.8, 4) is 0 Å². The van der Waals surface area contributed by atoms with E-state index in [9.17, 15) is 13.2 Å². The molecule has 0 aliphatic heterocycles. The number of carbonyl (C=O) groups is 1. The molecule has 1 saturated carbocycles. The summed E-state index contributed by atoms with van der Waals surface area (Å²) >= 11 is 5.75. The molecule has 0 atom stereocenters. The molecule has 0 spiro atoms. The monoisotopic (exact) mass is 274 g/mol. The Morgan fingerprint density at radius 1 is 1.35 bits per heavy atom. The molecule has 1 fully saturated rings. The summed E-state index contributed by atoms with van der Waals surface area (Å²) in [5.74, 6) is -0.333. The van der Waals surface area contributed by atoms with Gasteiger partial charge in [0.05, 0.1) is 4.90 Å². The van der Waals surface area contributed by atoms with Gasteiger partial charge in [-0.3, -0.25) is 4.79 Å². The predicted octanol–water partition coefficient (Wildman–Crippen LogP) is 0.880. The van der Waals surface area contributed by atoms with Gasteiger partial charge < -0.3 is 5.32 Å². The normalized spacial score (nSPS) is 15.6. The van der Waals surface area contributed by atoms with Crippen molar-refractivity contribution in [3.05, 3.63) is 28.8 Å². The molecule has 0 saturated heterocycles. The van der Waals surface area contributed by atoms with E-state index in [-0.39, 0.29) is 27.4 Å². The topological polar surface area (TPSA) is 89.3 Å². The van der Waals surface area contributed by atoms with Crippen LogP contribution in [0.2, 0.25) is 5.02 Å². The van der Waals surface area contributed by atoms with Crippen molar-refractivity contribution in [2.75, 3.05) is 0 Å². The van der Waals surface area contributed by atoms with Crippen molar-refractivity contribution in [2.45, 2.75) is 23.8 Å². The summed E-state index contributed by atoms with van der Waals surface area (Å²) in [5.41, 5.74) is 0.202. The van der Waals surface area contributed by atoms with Crippen LogP contribution in [0.3, 0.4) is 0 Å². The number of nitrogens with one attached hydrogen (secondary N) is 1. The van der Waals surface area contributed by atoms with Gasteiger partial charge in [0.15, 0.2) is 0 Å². The molecule has 1 aromatic rings. The number of benzene rings is 1. The minimum Gasteiger partial charge on any atom is -0.349 e. The van der Waals surface area contributed by atoms with Gasteiger partial charge in [-0.15, -0.1) is 0 Å². The summed E-state index contributed by atoms with van der Waals surface area (Å²) in [4.78, 5) is 11.6. The Balaban J connectivity index is 2.33. The molecule has 0 radical (unpaired) electrons. The molecule has 17 heavy (non-hydrogen) atoms. The average Bonchev–Trinajstić information content (AvgIpc) is 2.99. The summed E-state index contributed by atoms with van der Waals surface area (Å²) in [5, 5.41) is 7.90. The summed E-state index contributed by atoms with van der Waals surface area (Å²) in [7, 11) is -3.86. The highest BCUT2D eigenvalue weighted by atomic mass is 35.5. The number of rotatable bonds is 3. The van der Waals surface area contributed by atoms with Gasteiger partial charge in [-0.25, -0.2) is 13.6 Å². The van der Waals surface area contributed by atoms with Crippen LogP contribution < -0.4 is 10.5 Å². The molecular weight excluding hydrogens is 264 g/mol. The third kappa shape index (κ3) is 3.18. The maximum atomic E-state index is 11.7. The van der Waals surface area contributed by atoms with Crippen LogP contribution >= 0.6 is 11.6 Å². The number of amides is 1. The molecule has 5 nitrogen and oxygen atoms in total. The lowest BCUT2D eigenvalue weighted by atomic mass is 10.2. The molecule has 92 valence electrons. The van der Waals surface area contributed by atoms with Gasteiger partial charge in [-0.2, -0.15) is 0 Å². The molecule has 1 aromatic carbocycles. The van der Waals surface area contributed by atoms with Crippen molar-refractivity contribution in [1.29, 1.82) is 0 Å². The fourth-order valence-corrected chi connectivity index (χ4v) is 2.24. The SMILES string of the molecule is NS(=O)(=O)c1cc(Cl)cc(C(=O)NC2CC2)c1. The van der Waals surface area contributed by atoms with Crippen LogP contribution in [-0.2, 0) is 10.0 Å². The summed E-state index contributed by atoms with van der Waals surface area (Å²) in [6.45, 7) is 0. The smallest absolute Gasteiger partial charge is 0.251 e. The zero-order valence-corrected chi connectivity index (χ0v) is 10.4. The van der Waals surface area contributed by atoms with E-state index < -0.39 is 10.0 Å². The second-order valence-electron chi connectivity index (χ2n) is 3.97. The molecule has 0 aromatic heterocycles. The molecule has 0 bridgehead atoms. The zero-order valence-electron chi connectivity index (χ0n) is 8.81. The number of nitrogens with two attached hydrogens (primary N) is 1. The molecule has 2 rings (SSSR count). The van der Waals surface area contributed by atoms with Crippen molar-refractivity contribution in [2.24, 2.45) is 5.14 Å². The number of halogens is 1. The Labute approximate surface area is 104 Å². The molecule has 0 unspecified atom stereocenters. The lowest BCUT2D eigenvalue weighted by Crippen LogP contribution is -2.25. The summed E-state index contributed by atoms with van der Waals surface area (Å²) in [6, 6.07) is 4.04. The van der Waals surface area contributed by atoms with Crippen molar-refractivity contribution < 1.29 is 13.2 Å². The lowest BCUT2D eigenvalue weighted by Gasteiger charge is -2.06. The highest BCUT2D eigenvalue weighted by Crippen LogP contribution is 2.21. The molecule has 0 heterocycles. The number of primary sulfonamides is 1. The van der Waals surface area contributed by atoms with E-state index in [0.717, 1.165) is 12.8 Å². The first kappa shape index (κ1) is 12.3. The largest absolute Gasteiger partial charge is 0.349 e. The molecule has 1 amide bonds. The van der Waals surface area contributed by atoms with Crippen molar-refractivity contribution >= 4 is 27.5 Å². The van der Waals surface area contributed by atoms with Crippen LogP contribution in [0, 0.1) is 0 Å². The van der Waals surface area contributed by atoms with E-state index in [1.807, 2.05) is 0 Å². The van der Waals surface area contributed by atoms with Gasteiger partial charge >= 0.3 is 0 Å². The van der Waals surface area contributed by atoms with Crippen LogP contribution in [0.15, 0.2) is 23.1 Å². The number of carbonyl (C=O) groups excluding carboxylic acids is 1. The van der Waals surface area contributed by atoms with Crippen LogP contribution in [0.5, 0.6) is 0 Å². The summed E-state index contributed by atoms with van der Waals surface area (Å²) in [6.07, 6.45) is 1.91.